The van der Waals surface area contributed by atoms with Crippen LogP contribution in [0.15, 0.2) is 58.4 Å². The molecule has 0 heterocycles. The van der Waals surface area contributed by atoms with Gasteiger partial charge in [0, 0.05) is 19.0 Å². The molecule has 1 amide bonds. The average molecular weight is 269 g/mol. The van der Waals surface area contributed by atoms with Gasteiger partial charge < -0.3 is 10.1 Å². The van der Waals surface area contributed by atoms with Gasteiger partial charge in [0.05, 0.1) is 7.11 Å². The lowest BCUT2D eigenvalue weighted by Gasteiger charge is -2.35. The summed E-state index contributed by atoms with van der Waals surface area (Å²) in [5.74, 6) is 1.35. The standard InChI is InChI=1S/C17H19NO2/c1-18-16(19)10-12-6-8-14-15(20-2)9-7-11-4-3-5-13(12)17(11)14/h3,5,7,9-10,14H,4,6,8H2,1-2H3,(H,18,19). The number of hydrogen-bond donors (Lipinski definition) is 1. The first-order valence-electron chi connectivity index (χ1n) is 7.03. The maximum atomic E-state index is 11.6. The SMILES string of the molecule is CNC(=O)C=C1CCC2C(OC)=CC=C3CC=CC1=C32. The molecule has 0 aromatic heterocycles. The minimum Gasteiger partial charge on any atom is -0.500 e. The maximum absolute atomic E-state index is 11.6. The quantitative estimate of drug-likeness (QED) is 0.783. The third kappa shape index (κ3) is 2.03. The Kier molecular flexibility index (Phi) is 3.35. The largest absolute Gasteiger partial charge is 0.500 e. The maximum Gasteiger partial charge on any atom is 0.244 e. The fraction of sp³-hybridized carbons (Fsp3) is 0.353. The summed E-state index contributed by atoms with van der Waals surface area (Å²) in [6, 6.07) is 0. The molecule has 0 bridgehead atoms. The monoisotopic (exact) mass is 269 g/mol. The van der Waals surface area contributed by atoms with E-state index < -0.39 is 0 Å². The molecular formula is C17H19NO2. The van der Waals surface area contributed by atoms with Crippen molar-refractivity contribution in [1.82, 2.24) is 5.32 Å². The van der Waals surface area contributed by atoms with E-state index in [2.05, 4.69) is 29.6 Å². The van der Waals surface area contributed by atoms with Gasteiger partial charge >= 0.3 is 0 Å². The summed E-state index contributed by atoms with van der Waals surface area (Å²) in [4.78, 5) is 11.6. The molecule has 3 aliphatic carbocycles. The van der Waals surface area contributed by atoms with Crippen LogP contribution in [-0.4, -0.2) is 20.1 Å². The molecule has 3 rings (SSSR count). The number of allylic oxidation sites excluding steroid dienone is 8. The van der Waals surface area contributed by atoms with Crippen molar-refractivity contribution in [3.8, 4) is 0 Å². The van der Waals surface area contributed by atoms with Crippen molar-refractivity contribution < 1.29 is 9.53 Å². The van der Waals surface area contributed by atoms with Gasteiger partial charge in [0.2, 0.25) is 5.91 Å². The molecule has 1 unspecified atom stereocenters. The van der Waals surface area contributed by atoms with Crippen LogP contribution in [0.3, 0.4) is 0 Å². The summed E-state index contributed by atoms with van der Waals surface area (Å²) in [5, 5.41) is 2.67. The smallest absolute Gasteiger partial charge is 0.244 e. The highest BCUT2D eigenvalue weighted by molar-refractivity contribution is 5.89. The van der Waals surface area contributed by atoms with Crippen molar-refractivity contribution in [1.29, 1.82) is 0 Å². The number of ether oxygens (including phenoxy) is 1. The molecule has 0 spiro atoms. The normalized spacial score (nSPS) is 25.9. The van der Waals surface area contributed by atoms with Gasteiger partial charge in [-0.3, -0.25) is 4.79 Å². The number of rotatable bonds is 2. The van der Waals surface area contributed by atoms with Gasteiger partial charge in [-0.05, 0) is 47.6 Å². The zero-order valence-electron chi connectivity index (χ0n) is 11.9. The molecular weight excluding hydrogens is 250 g/mol. The Labute approximate surface area is 119 Å². The van der Waals surface area contributed by atoms with Crippen molar-refractivity contribution in [2.45, 2.75) is 19.3 Å². The van der Waals surface area contributed by atoms with Crippen LogP contribution < -0.4 is 5.32 Å². The van der Waals surface area contributed by atoms with E-state index in [1.54, 1.807) is 20.2 Å². The van der Waals surface area contributed by atoms with Crippen molar-refractivity contribution in [3.63, 3.8) is 0 Å². The molecule has 0 saturated carbocycles. The third-order valence-corrected chi connectivity index (χ3v) is 4.23. The predicted molar refractivity (Wildman–Crippen MR) is 78.8 cm³/mol. The van der Waals surface area contributed by atoms with Crippen LogP contribution in [0.4, 0.5) is 0 Å². The first-order chi connectivity index (χ1) is 9.74. The first-order valence-corrected chi connectivity index (χ1v) is 7.03. The van der Waals surface area contributed by atoms with Crippen LogP contribution in [0.25, 0.3) is 0 Å². The minimum atomic E-state index is -0.0330. The van der Waals surface area contributed by atoms with Gasteiger partial charge in [-0.25, -0.2) is 0 Å². The molecule has 0 aliphatic heterocycles. The highest BCUT2D eigenvalue weighted by atomic mass is 16.5. The average Bonchev–Trinajstić information content (AvgIpc) is 2.50. The molecule has 3 heteroatoms. The van der Waals surface area contributed by atoms with E-state index in [0.717, 1.165) is 30.6 Å². The number of nitrogens with one attached hydrogen (secondary N) is 1. The molecule has 1 atom stereocenters. The molecule has 0 aromatic carbocycles. The van der Waals surface area contributed by atoms with Crippen LogP contribution in [-0.2, 0) is 9.53 Å². The Balaban J connectivity index is 2.09. The lowest BCUT2D eigenvalue weighted by Crippen LogP contribution is -2.23. The van der Waals surface area contributed by atoms with Gasteiger partial charge in [-0.15, -0.1) is 0 Å². The van der Waals surface area contributed by atoms with Gasteiger partial charge in [0.1, 0.15) is 5.76 Å². The Bertz CT molecular complexity index is 602. The lowest BCUT2D eigenvalue weighted by atomic mass is 9.71. The predicted octanol–water partition coefficient (Wildman–Crippen LogP) is 2.80. The third-order valence-electron chi connectivity index (χ3n) is 4.23. The topological polar surface area (TPSA) is 38.3 Å². The van der Waals surface area contributed by atoms with Gasteiger partial charge in [-0.1, -0.05) is 18.2 Å². The fourth-order valence-electron chi connectivity index (χ4n) is 3.28. The van der Waals surface area contributed by atoms with E-state index in [9.17, 15) is 4.79 Å². The van der Waals surface area contributed by atoms with E-state index >= 15 is 0 Å². The molecule has 0 saturated heterocycles. The molecule has 104 valence electrons. The van der Waals surface area contributed by atoms with E-state index in [1.165, 1.54) is 16.7 Å². The van der Waals surface area contributed by atoms with Crippen molar-refractivity contribution >= 4 is 5.91 Å². The van der Waals surface area contributed by atoms with Gasteiger partial charge in [-0.2, -0.15) is 0 Å². The van der Waals surface area contributed by atoms with E-state index in [-0.39, 0.29) is 5.91 Å². The highest BCUT2D eigenvalue weighted by Crippen LogP contribution is 2.46. The Morgan fingerprint density at radius 2 is 2.30 bits per heavy atom. The number of carbonyl (C=O) groups is 1. The Morgan fingerprint density at radius 3 is 3.05 bits per heavy atom. The van der Waals surface area contributed by atoms with Crippen molar-refractivity contribution in [2.75, 3.05) is 14.2 Å². The molecule has 0 aromatic rings. The molecule has 3 aliphatic rings. The molecule has 0 fully saturated rings. The van der Waals surface area contributed by atoms with Crippen LogP contribution in [0.5, 0.6) is 0 Å². The summed E-state index contributed by atoms with van der Waals surface area (Å²) in [5.41, 5.74) is 5.06. The van der Waals surface area contributed by atoms with E-state index in [0.29, 0.717) is 5.92 Å². The van der Waals surface area contributed by atoms with Gasteiger partial charge in [0.15, 0.2) is 0 Å². The second kappa shape index (κ2) is 5.16. The summed E-state index contributed by atoms with van der Waals surface area (Å²) < 4.78 is 5.52. The minimum absolute atomic E-state index is 0.0330. The summed E-state index contributed by atoms with van der Waals surface area (Å²) >= 11 is 0. The van der Waals surface area contributed by atoms with E-state index in [4.69, 9.17) is 4.74 Å². The van der Waals surface area contributed by atoms with Crippen molar-refractivity contribution in [3.05, 3.63) is 58.4 Å². The summed E-state index contributed by atoms with van der Waals surface area (Å²) in [6.45, 7) is 0. The second-order valence-corrected chi connectivity index (χ2v) is 5.27. The Hall–Kier alpha value is -2.03. The van der Waals surface area contributed by atoms with Crippen LogP contribution in [0, 0.1) is 5.92 Å². The number of hydrogen-bond acceptors (Lipinski definition) is 2. The number of methoxy groups -OCH3 is 1. The lowest BCUT2D eigenvalue weighted by molar-refractivity contribution is -0.116. The molecule has 1 N–H and O–H groups in total. The number of amides is 1. The zero-order chi connectivity index (χ0) is 14.1. The molecule has 0 radical (unpaired) electrons. The summed E-state index contributed by atoms with van der Waals surface area (Å²) in [7, 11) is 3.40. The Morgan fingerprint density at radius 1 is 1.45 bits per heavy atom. The van der Waals surface area contributed by atoms with Crippen LogP contribution in [0.2, 0.25) is 0 Å². The second-order valence-electron chi connectivity index (χ2n) is 5.27. The highest BCUT2D eigenvalue weighted by Gasteiger charge is 2.33. The summed E-state index contributed by atoms with van der Waals surface area (Å²) in [6.07, 6.45) is 13.2. The van der Waals surface area contributed by atoms with E-state index in [1.807, 2.05) is 0 Å². The molecule has 3 nitrogen and oxygen atoms in total. The first kappa shape index (κ1) is 13.0. The number of carbonyl (C=O) groups excluding carboxylic acids is 1. The number of likely N-dealkylation sites (N-methyl/N-ethyl adjacent to an activating group) is 1. The van der Waals surface area contributed by atoms with Crippen LogP contribution >= 0.6 is 0 Å². The van der Waals surface area contributed by atoms with Crippen LogP contribution in [0.1, 0.15) is 19.3 Å². The fourth-order valence-corrected chi connectivity index (χ4v) is 3.28. The van der Waals surface area contributed by atoms with Crippen molar-refractivity contribution in [2.24, 2.45) is 5.92 Å². The molecule has 20 heavy (non-hydrogen) atoms. The van der Waals surface area contributed by atoms with Gasteiger partial charge in [0.25, 0.3) is 0 Å². The zero-order valence-corrected chi connectivity index (χ0v) is 11.9.